The molecular formula is C23H25ClN2O. The second kappa shape index (κ2) is 8.45. The normalized spacial score (nSPS) is 11.0. The Kier molecular flexibility index (Phi) is 6.02. The highest BCUT2D eigenvalue weighted by Gasteiger charge is 2.19. The SMILES string of the molecule is Cc1c(C(=O)NCCC(C)C)cc(-c2ccc(Cl)cc2)n1-c1ccccc1. The molecule has 0 fully saturated rings. The van der Waals surface area contributed by atoms with Crippen molar-refractivity contribution >= 4 is 17.5 Å². The van der Waals surface area contributed by atoms with Crippen LogP contribution in [-0.4, -0.2) is 17.0 Å². The minimum Gasteiger partial charge on any atom is -0.352 e. The summed E-state index contributed by atoms with van der Waals surface area (Å²) in [5.41, 5.74) is 4.65. The van der Waals surface area contributed by atoms with Gasteiger partial charge in [-0.25, -0.2) is 0 Å². The molecule has 0 saturated heterocycles. The molecule has 0 saturated carbocycles. The van der Waals surface area contributed by atoms with Gasteiger partial charge >= 0.3 is 0 Å². The molecule has 3 aromatic rings. The van der Waals surface area contributed by atoms with E-state index in [4.69, 9.17) is 11.6 Å². The Balaban J connectivity index is 2.04. The predicted octanol–water partition coefficient (Wildman–Crippen LogP) is 5.88. The first kappa shape index (κ1) is 19.2. The van der Waals surface area contributed by atoms with Gasteiger partial charge in [-0.1, -0.05) is 55.8 Å². The molecule has 0 aliphatic carbocycles. The fourth-order valence-electron chi connectivity index (χ4n) is 3.15. The van der Waals surface area contributed by atoms with Gasteiger partial charge in [0.25, 0.3) is 5.91 Å². The van der Waals surface area contributed by atoms with Crippen molar-refractivity contribution < 1.29 is 4.79 Å². The lowest BCUT2D eigenvalue weighted by Gasteiger charge is -2.12. The van der Waals surface area contributed by atoms with Crippen LogP contribution >= 0.6 is 11.6 Å². The van der Waals surface area contributed by atoms with Gasteiger partial charge in [-0.2, -0.15) is 0 Å². The van der Waals surface area contributed by atoms with Crippen LogP contribution in [0.1, 0.15) is 36.3 Å². The summed E-state index contributed by atoms with van der Waals surface area (Å²) >= 11 is 6.05. The van der Waals surface area contributed by atoms with E-state index in [1.807, 2.05) is 67.6 Å². The van der Waals surface area contributed by atoms with Crippen molar-refractivity contribution in [1.82, 2.24) is 9.88 Å². The molecule has 2 aromatic carbocycles. The highest BCUT2D eigenvalue weighted by Crippen LogP contribution is 2.30. The lowest BCUT2D eigenvalue weighted by molar-refractivity contribution is 0.0951. The number of aromatic nitrogens is 1. The first-order valence-electron chi connectivity index (χ1n) is 9.29. The molecule has 0 aliphatic heterocycles. The van der Waals surface area contributed by atoms with Crippen molar-refractivity contribution in [2.45, 2.75) is 27.2 Å². The molecule has 0 aliphatic rings. The summed E-state index contributed by atoms with van der Waals surface area (Å²) in [5.74, 6) is 0.531. The Labute approximate surface area is 166 Å². The van der Waals surface area contributed by atoms with Crippen molar-refractivity contribution in [3.05, 3.63) is 76.9 Å². The van der Waals surface area contributed by atoms with Gasteiger partial charge in [0.2, 0.25) is 0 Å². The van der Waals surface area contributed by atoms with Crippen LogP contribution in [-0.2, 0) is 0 Å². The number of nitrogens with zero attached hydrogens (tertiary/aromatic N) is 1. The Bertz CT molecular complexity index is 912. The van der Waals surface area contributed by atoms with Crippen LogP contribution < -0.4 is 5.32 Å². The molecule has 0 atom stereocenters. The zero-order valence-corrected chi connectivity index (χ0v) is 16.8. The van der Waals surface area contributed by atoms with E-state index in [2.05, 4.69) is 23.7 Å². The maximum atomic E-state index is 12.8. The number of nitrogens with one attached hydrogen (secondary N) is 1. The number of carbonyl (C=O) groups excluding carboxylic acids is 1. The molecule has 0 spiro atoms. The van der Waals surface area contributed by atoms with Crippen molar-refractivity contribution in [2.75, 3.05) is 6.54 Å². The average Bonchev–Trinajstić information content (AvgIpc) is 3.00. The first-order valence-corrected chi connectivity index (χ1v) is 9.67. The van der Waals surface area contributed by atoms with E-state index in [1.54, 1.807) is 0 Å². The van der Waals surface area contributed by atoms with Crippen LogP contribution in [0, 0.1) is 12.8 Å². The number of hydrogen-bond acceptors (Lipinski definition) is 1. The first-order chi connectivity index (χ1) is 13.0. The summed E-state index contributed by atoms with van der Waals surface area (Å²) in [6.45, 7) is 6.98. The van der Waals surface area contributed by atoms with Crippen molar-refractivity contribution in [1.29, 1.82) is 0 Å². The van der Waals surface area contributed by atoms with E-state index in [-0.39, 0.29) is 5.91 Å². The molecule has 3 rings (SSSR count). The maximum Gasteiger partial charge on any atom is 0.253 e. The van der Waals surface area contributed by atoms with Crippen LogP contribution in [0.2, 0.25) is 5.02 Å². The molecular weight excluding hydrogens is 356 g/mol. The van der Waals surface area contributed by atoms with E-state index >= 15 is 0 Å². The van der Waals surface area contributed by atoms with Gasteiger partial charge in [0, 0.05) is 22.9 Å². The molecule has 0 radical (unpaired) electrons. The molecule has 0 bridgehead atoms. The topological polar surface area (TPSA) is 34.0 Å². The number of amides is 1. The zero-order valence-electron chi connectivity index (χ0n) is 16.0. The fourth-order valence-corrected chi connectivity index (χ4v) is 3.28. The van der Waals surface area contributed by atoms with Gasteiger partial charge in [0.15, 0.2) is 0 Å². The summed E-state index contributed by atoms with van der Waals surface area (Å²) < 4.78 is 2.13. The van der Waals surface area contributed by atoms with Gasteiger partial charge in [0.05, 0.1) is 11.3 Å². The van der Waals surface area contributed by atoms with Crippen LogP contribution in [0.4, 0.5) is 0 Å². The third-order valence-electron chi connectivity index (χ3n) is 4.65. The van der Waals surface area contributed by atoms with E-state index in [1.165, 1.54) is 0 Å². The number of benzene rings is 2. The van der Waals surface area contributed by atoms with Crippen LogP contribution in [0.15, 0.2) is 60.7 Å². The number of halogens is 1. The maximum absolute atomic E-state index is 12.8. The smallest absolute Gasteiger partial charge is 0.253 e. The Hall–Kier alpha value is -2.52. The summed E-state index contributed by atoms with van der Waals surface area (Å²) in [7, 11) is 0. The lowest BCUT2D eigenvalue weighted by Crippen LogP contribution is -2.25. The lowest BCUT2D eigenvalue weighted by atomic mass is 10.1. The number of rotatable bonds is 6. The van der Waals surface area contributed by atoms with Crippen LogP contribution in [0.3, 0.4) is 0 Å². The van der Waals surface area contributed by atoms with Crippen molar-refractivity contribution in [3.8, 4) is 16.9 Å². The highest BCUT2D eigenvalue weighted by atomic mass is 35.5. The molecule has 4 heteroatoms. The largest absolute Gasteiger partial charge is 0.352 e. The summed E-state index contributed by atoms with van der Waals surface area (Å²) in [4.78, 5) is 12.8. The number of hydrogen-bond donors (Lipinski definition) is 1. The third kappa shape index (κ3) is 4.42. The molecule has 0 unspecified atom stereocenters. The monoisotopic (exact) mass is 380 g/mol. The Morgan fingerprint density at radius 3 is 2.37 bits per heavy atom. The molecule has 1 N–H and O–H groups in total. The second-order valence-corrected chi connectivity index (χ2v) is 7.58. The summed E-state index contributed by atoms with van der Waals surface area (Å²) in [5, 5.41) is 3.74. The van der Waals surface area contributed by atoms with E-state index in [0.29, 0.717) is 23.0 Å². The second-order valence-electron chi connectivity index (χ2n) is 7.14. The molecule has 140 valence electrons. The van der Waals surface area contributed by atoms with E-state index in [0.717, 1.165) is 29.1 Å². The fraction of sp³-hybridized carbons (Fsp3) is 0.261. The quantitative estimate of drug-likeness (QED) is 0.569. The van der Waals surface area contributed by atoms with Crippen molar-refractivity contribution in [3.63, 3.8) is 0 Å². The van der Waals surface area contributed by atoms with Crippen LogP contribution in [0.25, 0.3) is 16.9 Å². The minimum atomic E-state index is -0.0296. The standard InChI is InChI=1S/C23H25ClN2O/c1-16(2)13-14-25-23(27)21-15-22(18-9-11-19(24)12-10-18)26(17(21)3)20-7-5-4-6-8-20/h4-12,15-16H,13-14H2,1-3H3,(H,25,27). The van der Waals surface area contributed by atoms with Gasteiger partial charge in [-0.3, -0.25) is 4.79 Å². The molecule has 1 amide bonds. The summed E-state index contributed by atoms with van der Waals surface area (Å²) in [6, 6.07) is 19.8. The highest BCUT2D eigenvalue weighted by molar-refractivity contribution is 6.30. The zero-order chi connectivity index (χ0) is 19.4. The number of carbonyl (C=O) groups is 1. The van der Waals surface area contributed by atoms with E-state index < -0.39 is 0 Å². The summed E-state index contributed by atoms with van der Waals surface area (Å²) in [6.07, 6.45) is 0.966. The molecule has 1 heterocycles. The molecule has 27 heavy (non-hydrogen) atoms. The predicted molar refractivity (Wildman–Crippen MR) is 113 cm³/mol. The van der Waals surface area contributed by atoms with Gasteiger partial charge in [0.1, 0.15) is 0 Å². The average molecular weight is 381 g/mol. The minimum absolute atomic E-state index is 0.0296. The molecule has 3 nitrogen and oxygen atoms in total. The van der Waals surface area contributed by atoms with Gasteiger partial charge in [-0.15, -0.1) is 0 Å². The Morgan fingerprint density at radius 1 is 1.07 bits per heavy atom. The van der Waals surface area contributed by atoms with Gasteiger partial charge < -0.3 is 9.88 Å². The van der Waals surface area contributed by atoms with Crippen molar-refractivity contribution in [2.24, 2.45) is 5.92 Å². The van der Waals surface area contributed by atoms with Crippen LogP contribution in [0.5, 0.6) is 0 Å². The number of para-hydroxylation sites is 1. The van der Waals surface area contributed by atoms with Gasteiger partial charge in [-0.05, 0) is 55.2 Å². The molecule has 1 aromatic heterocycles. The Morgan fingerprint density at radius 2 is 1.74 bits per heavy atom. The van der Waals surface area contributed by atoms with E-state index in [9.17, 15) is 4.79 Å². The third-order valence-corrected chi connectivity index (χ3v) is 4.91.